The van der Waals surface area contributed by atoms with Gasteiger partial charge in [-0.25, -0.2) is 8.78 Å². The highest BCUT2D eigenvalue weighted by molar-refractivity contribution is 5.83. The van der Waals surface area contributed by atoms with Crippen molar-refractivity contribution in [2.75, 3.05) is 39.5 Å². The fourth-order valence-corrected chi connectivity index (χ4v) is 5.81. The van der Waals surface area contributed by atoms with E-state index in [-0.39, 0.29) is 29.4 Å². The summed E-state index contributed by atoms with van der Waals surface area (Å²) >= 11 is 0. The van der Waals surface area contributed by atoms with Crippen molar-refractivity contribution in [2.24, 2.45) is 11.8 Å². The monoisotopic (exact) mass is 500 g/mol. The standard InChI is InChI=1S/C28H35F3N4O/c1-17(2)14-35-27(20-5-6-25-22(13-32-33-25)21(20)11-28(35,3)4)26-23(30)9-19(10-24(26)31)36-8-7-34-15-18(12-29)16-34/h5-6,9-10,13,17-18,27H,7-8,11-12,14-16H2,1-4H3,(H,32,33). The van der Waals surface area contributed by atoms with E-state index in [9.17, 15) is 4.39 Å². The summed E-state index contributed by atoms with van der Waals surface area (Å²) in [4.78, 5) is 4.31. The molecule has 0 aliphatic carbocycles. The third-order valence-electron chi connectivity index (χ3n) is 7.58. The van der Waals surface area contributed by atoms with Gasteiger partial charge in [-0.1, -0.05) is 19.9 Å². The highest BCUT2D eigenvalue weighted by Crippen LogP contribution is 2.46. The first-order chi connectivity index (χ1) is 17.2. The number of benzene rings is 2. The van der Waals surface area contributed by atoms with Crippen molar-refractivity contribution in [3.63, 3.8) is 0 Å². The molecular weight excluding hydrogens is 465 g/mol. The lowest BCUT2D eigenvalue weighted by Crippen LogP contribution is -2.53. The molecule has 1 aromatic heterocycles. The number of H-pyrrole nitrogens is 1. The molecule has 1 N–H and O–H groups in total. The van der Waals surface area contributed by atoms with E-state index in [1.165, 1.54) is 12.1 Å². The summed E-state index contributed by atoms with van der Waals surface area (Å²) < 4.78 is 49.8. The zero-order valence-electron chi connectivity index (χ0n) is 21.5. The molecule has 1 atom stereocenters. The van der Waals surface area contributed by atoms with Crippen LogP contribution >= 0.6 is 0 Å². The molecule has 1 unspecified atom stereocenters. The average Bonchev–Trinajstić information content (AvgIpc) is 3.26. The largest absolute Gasteiger partial charge is 0.492 e. The van der Waals surface area contributed by atoms with E-state index in [1.807, 2.05) is 12.1 Å². The van der Waals surface area contributed by atoms with Crippen molar-refractivity contribution >= 4 is 10.9 Å². The van der Waals surface area contributed by atoms with Crippen LogP contribution in [0.2, 0.25) is 0 Å². The van der Waals surface area contributed by atoms with Gasteiger partial charge in [0, 0.05) is 60.7 Å². The fraction of sp³-hybridized carbons (Fsp3) is 0.536. The molecule has 0 saturated carbocycles. The Morgan fingerprint density at radius 1 is 1.17 bits per heavy atom. The average molecular weight is 501 g/mol. The number of ether oxygens (including phenoxy) is 1. The van der Waals surface area contributed by atoms with E-state index in [0.717, 1.165) is 28.5 Å². The predicted octanol–water partition coefficient (Wildman–Crippen LogP) is 5.50. The second kappa shape index (κ2) is 9.71. The third-order valence-corrected chi connectivity index (χ3v) is 7.58. The van der Waals surface area contributed by atoms with Crippen LogP contribution in [0.3, 0.4) is 0 Å². The van der Waals surface area contributed by atoms with Gasteiger partial charge >= 0.3 is 0 Å². The minimum absolute atomic E-state index is 0.0494. The number of rotatable bonds is 8. The van der Waals surface area contributed by atoms with E-state index >= 15 is 8.78 Å². The molecule has 1 saturated heterocycles. The lowest BCUT2D eigenvalue weighted by molar-refractivity contribution is 0.0561. The van der Waals surface area contributed by atoms with Crippen LogP contribution in [-0.2, 0) is 6.42 Å². The van der Waals surface area contributed by atoms with Crippen molar-refractivity contribution < 1.29 is 17.9 Å². The molecule has 5 rings (SSSR count). The third kappa shape index (κ3) is 4.61. The van der Waals surface area contributed by atoms with Crippen LogP contribution < -0.4 is 4.74 Å². The van der Waals surface area contributed by atoms with Crippen molar-refractivity contribution in [2.45, 2.75) is 45.7 Å². The Labute approximate surface area is 210 Å². The predicted molar refractivity (Wildman–Crippen MR) is 135 cm³/mol. The highest BCUT2D eigenvalue weighted by Gasteiger charge is 2.43. The Kier molecular flexibility index (Phi) is 6.76. The molecule has 36 heavy (non-hydrogen) atoms. The molecule has 2 aromatic carbocycles. The summed E-state index contributed by atoms with van der Waals surface area (Å²) in [5, 5.41) is 8.22. The minimum Gasteiger partial charge on any atom is -0.492 e. The van der Waals surface area contributed by atoms with Crippen molar-refractivity contribution in [1.82, 2.24) is 20.0 Å². The molecule has 5 nitrogen and oxygen atoms in total. The number of hydrogen-bond acceptors (Lipinski definition) is 4. The van der Waals surface area contributed by atoms with Crippen LogP contribution in [0, 0.1) is 23.5 Å². The normalized spacial score (nSPS) is 20.6. The quantitative estimate of drug-likeness (QED) is 0.444. The van der Waals surface area contributed by atoms with E-state index in [0.29, 0.717) is 38.7 Å². The zero-order chi connectivity index (χ0) is 25.6. The van der Waals surface area contributed by atoms with Crippen molar-refractivity contribution in [1.29, 1.82) is 0 Å². The maximum atomic E-state index is 15.7. The van der Waals surface area contributed by atoms with Gasteiger partial charge in [-0.2, -0.15) is 5.10 Å². The molecule has 3 heterocycles. The number of nitrogens with zero attached hydrogens (tertiary/aromatic N) is 3. The van der Waals surface area contributed by atoms with Gasteiger partial charge in [0.2, 0.25) is 0 Å². The second-order valence-corrected chi connectivity index (χ2v) is 11.3. The summed E-state index contributed by atoms with van der Waals surface area (Å²) in [7, 11) is 0. The SMILES string of the molecule is CC(C)CN1C(c2c(F)cc(OCCN3CC(CF)C3)cc2F)c2ccc3[nH]ncc3c2CC1(C)C. The van der Waals surface area contributed by atoms with E-state index < -0.39 is 17.7 Å². The Balaban J connectivity index is 1.48. The first-order valence-electron chi connectivity index (χ1n) is 12.8. The topological polar surface area (TPSA) is 44.4 Å². The zero-order valence-corrected chi connectivity index (χ0v) is 21.5. The highest BCUT2D eigenvalue weighted by atomic mass is 19.1. The Bertz CT molecular complexity index is 1210. The van der Waals surface area contributed by atoms with Crippen LogP contribution in [0.1, 0.15) is 50.4 Å². The molecule has 3 aromatic rings. The van der Waals surface area contributed by atoms with Gasteiger partial charge in [0.25, 0.3) is 0 Å². The van der Waals surface area contributed by atoms with Crippen molar-refractivity contribution in [3.05, 3.63) is 58.8 Å². The van der Waals surface area contributed by atoms with Gasteiger partial charge in [-0.3, -0.25) is 19.3 Å². The molecule has 2 aliphatic heterocycles. The number of aromatic amines is 1. The van der Waals surface area contributed by atoms with Crippen molar-refractivity contribution in [3.8, 4) is 5.75 Å². The van der Waals surface area contributed by atoms with Gasteiger partial charge in [-0.05, 0) is 43.4 Å². The lowest BCUT2D eigenvalue weighted by atomic mass is 9.77. The molecule has 0 spiro atoms. The Hall–Kier alpha value is -2.58. The summed E-state index contributed by atoms with van der Waals surface area (Å²) in [5.41, 5.74) is 2.64. The Morgan fingerprint density at radius 3 is 2.56 bits per heavy atom. The summed E-state index contributed by atoms with van der Waals surface area (Å²) in [5.74, 6) is -0.633. The molecule has 0 amide bonds. The van der Waals surface area contributed by atoms with Crippen LogP contribution in [0.5, 0.6) is 5.75 Å². The molecule has 0 radical (unpaired) electrons. The maximum Gasteiger partial charge on any atom is 0.134 e. The number of likely N-dealkylation sites (tertiary alicyclic amines) is 1. The summed E-state index contributed by atoms with van der Waals surface area (Å²) in [6.07, 6.45) is 2.56. The summed E-state index contributed by atoms with van der Waals surface area (Å²) in [6.45, 7) is 11.2. The number of aromatic nitrogens is 2. The second-order valence-electron chi connectivity index (χ2n) is 11.3. The first-order valence-corrected chi connectivity index (χ1v) is 12.8. The van der Waals surface area contributed by atoms with Gasteiger partial charge in [-0.15, -0.1) is 0 Å². The molecule has 194 valence electrons. The summed E-state index contributed by atoms with van der Waals surface area (Å²) in [6, 6.07) is 5.94. The molecule has 8 heteroatoms. The first kappa shape index (κ1) is 25.1. The number of alkyl halides is 1. The van der Waals surface area contributed by atoms with E-state index in [1.54, 1.807) is 6.20 Å². The number of halogens is 3. The number of nitrogens with one attached hydrogen (secondary N) is 1. The van der Waals surface area contributed by atoms with E-state index in [2.05, 4.69) is 47.7 Å². The lowest BCUT2D eigenvalue weighted by Gasteiger charge is -2.50. The molecular formula is C28H35F3N4O. The molecule has 0 bridgehead atoms. The van der Waals surface area contributed by atoms with Gasteiger partial charge in [0.1, 0.15) is 24.0 Å². The van der Waals surface area contributed by atoms with Gasteiger partial charge < -0.3 is 4.74 Å². The van der Waals surface area contributed by atoms with Crippen LogP contribution in [-0.4, -0.2) is 65.0 Å². The van der Waals surface area contributed by atoms with Gasteiger partial charge in [0.15, 0.2) is 0 Å². The smallest absolute Gasteiger partial charge is 0.134 e. The fourth-order valence-electron chi connectivity index (χ4n) is 5.81. The van der Waals surface area contributed by atoms with E-state index in [4.69, 9.17) is 4.74 Å². The number of fused-ring (bicyclic) bond motifs is 3. The van der Waals surface area contributed by atoms with Gasteiger partial charge in [0.05, 0.1) is 24.4 Å². The maximum absolute atomic E-state index is 15.7. The van der Waals surface area contributed by atoms with Crippen LogP contribution in [0.4, 0.5) is 13.2 Å². The number of hydrogen-bond donors (Lipinski definition) is 1. The molecule has 2 aliphatic rings. The van der Waals surface area contributed by atoms with Crippen LogP contribution in [0.15, 0.2) is 30.5 Å². The Morgan fingerprint density at radius 2 is 1.89 bits per heavy atom. The molecule has 1 fully saturated rings. The minimum atomic E-state index is -0.610. The van der Waals surface area contributed by atoms with Crippen LogP contribution in [0.25, 0.3) is 10.9 Å².